The first-order valence-electron chi connectivity index (χ1n) is 7.98. The molecule has 3 N–H and O–H groups in total. The van der Waals surface area contributed by atoms with Crippen LogP contribution >= 0.6 is 0 Å². The van der Waals surface area contributed by atoms with E-state index in [1.807, 2.05) is 6.92 Å². The molecule has 116 valence electrons. The minimum Gasteiger partial charge on any atom is -0.360 e. The van der Waals surface area contributed by atoms with Gasteiger partial charge in [0.05, 0.1) is 0 Å². The van der Waals surface area contributed by atoms with E-state index in [1.54, 1.807) is 0 Å². The monoisotopic (exact) mass is 296 g/mol. The molecule has 1 aliphatic carbocycles. The third-order valence-electron chi connectivity index (χ3n) is 4.99. The first-order valence-corrected chi connectivity index (χ1v) is 7.98. The predicted molar refractivity (Wildman–Crippen MR) is 90.1 cm³/mol. The number of Topliss-reactive ketones (excluding diaryl/α,β-unsaturated/α-hetero) is 1. The highest BCUT2D eigenvalue weighted by Gasteiger charge is 2.34. The number of benzene rings is 1. The van der Waals surface area contributed by atoms with Gasteiger partial charge in [0, 0.05) is 35.0 Å². The molecule has 1 saturated carbocycles. The van der Waals surface area contributed by atoms with E-state index in [0.29, 0.717) is 6.54 Å². The highest BCUT2D eigenvalue weighted by atomic mass is 16.1. The summed E-state index contributed by atoms with van der Waals surface area (Å²) in [6, 6.07) is 4.26. The van der Waals surface area contributed by atoms with Crippen molar-refractivity contribution in [1.82, 2.24) is 4.98 Å². The fourth-order valence-electron chi connectivity index (χ4n) is 3.22. The first kappa shape index (κ1) is 15.0. The second-order valence-corrected chi connectivity index (χ2v) is 6.50. The summed E-state index contributed by atoms with van der Waals surface area (Å²) >= 11 is 0. The molecule has 0 atom stereocenters. The zero-order chi connectivity index (χ0) is 16.0. The van der Waals surface area contributed by atoms with Gasteiger partial charge in [-0.05, 0) is 62.8 Å². The van der Waals surface area contributed by atoms with Gasteiger partial charge in [-0.3, -0.25) is 4.79 Å². The molecule has 1 aromatic heterocycles. The van der Waals surface area contributed by atoms with E-state index >= 15 is 0 Å². The van der Waals surface area contributed by atoms with Crippen molar-refractivity contribution in [2.24, 2.45) is 11.7 Å². The standard InChI is InChI=1S/C19H24N2O/c1-10-5-8-15(12(3)11(10)2)18-16(9-20)21-13(4)17(18)19(22)14-6-7-14/h5,8,14,21H,6-7,9,20H2,1-4H3. The van der Waals surface area contributed by atoms with Crippen LogP contribution in [0.5, 0.6) is 0 Å². The zero-order valence-corrected chi connectivity index (χ0v) is 13.8. The first-order chi connectivity index (χ1) is 10.5. The predicted octanol–water partition coefficient (Wildman–Crippen LogP) is 3.97. The fourth-order valence-corrected chi connectivity index (χ4v) is 3.22. The lowest BCUT2D eigenvalue weighted by molar-refractivity contribution is 0.0968. The number of ketones is 1. The van der Waals surface area contributed by atoms with Gasteiger partial charge < -0.3 is 10.7 Å². The number of nitrogens with one attached hydrogen (secondary N) is 1. The second kappa shape index (κ2) is 5.40. The lowest BCUT2D eigenvalue weighted by atomic mass is 9.89. The molecule has 3 rings (SSSR count). The van der Waals surface area contributed by atoms with Gasteiger partial charge in [0.1, 0.15) is 0 Å². The second-order valence-electron chi connectivity index (χ2n) is 6.50. The summed E-state index contributed by atoms with van der Waals surface area (Å²) in [5, 5.41) is 0. The molecular formula is C19H24N2O. The van der Waals surface area contributed by atoms with Gasteiger partial charge in [0.15, 0.2) is 5.78 Å². The number of carbonyl (C=O) groups is 1. The number of aryl methyl sites for hydroxylation is 2. The van der Waals surface area contributed by atoms with Crippen LogP contribution in [0.1, 0.15) is 51.3 Å². The lowest BCUT2D eigenvalue weighted by Crippen LogP contribution is -2.06. The number of hydrogen-bond acceptors (Lipinski definition) is 2. The average molecular weight is 296 g/mol. The number of carbonyl (C=O) groups excluding carboxylic acids is 1. The quantitative estimate of drug-likeness (QED) is 0.839. The van der Waals surface area contributed by atoms with Crippen molar-refractivity contribution in [3.05, 3.63) is 45.8 Å². The van der Waals surface area contributed by atoms with Gasteiger partial charge in [0.25, 0.3) is 0 Å². The third kappa shape index (κ3) is 2.30. The van der Waals surface area contributed by atoms with E-state index in [2.05, 4.69) is 37.9 Å². The molecule has 0 spiro atoms. The maximum atomic E-state index is 12.8. The van der Waals surface area contributed by atoms with Crippen LogP contribution in [-0.2, 0) is 6.54 Å². The zero-order valence-electron chi connectivity index (χ0n) is 13.8. The molecule has 0 aliphatic heterocycles. The Labute approximate surface area is 131 Å². The lowest BCUT2D eigenvalue weighted by Gasteiger charge is -2.14. The van der Waals surface area contributed by atoms with Crippen molar-refractivity contribution in [3.63, 3.8) is 0 Å². The number of H-pyrrole nitrogens is 1. The summed E-state index contributed by atoms with van der Waals surface area (Å²) in [7, 11) is 0. The van der Waals surface area contributed by atoms with E-state index < -0.39 is 0 Å². The van der Waals surface area contributed by atoms with Gasteiger partial charge >= 0.3 is 0 Å². The molecule has 3 heteroatoms. The van der Waals surface area contributed by atoms with Crippen molar-refractivity contribution in [2.75, 3.05) is 0 Å². The summed E-state index contributed by atoms with van der Waals surface area (Å²) in [5.41, 5.74) is 14.7. The highest BCUT2D eigenvalue weighted by Crippen LogP contribution is 2.40. The van der Waals surface area contributed by atoms with Crippen molar-refractivity contribution in [1.29, 1.82) is 0 Å². The Hall–Kier alpha value is -1.87. The van der Waals surface area contributed by atoms with Crippen LogP contribution in [-0.4, -0.2) is 10.8 Å². The van der Waals surface area contributed by atoms with Crippen LogP contribution in [0.3, 0.4) is 0 Å². The topological polar surface area (TPSA) is 58.9 Å². The summed E-state index contributed by atoms with van der Waals surface area (Å²) in [6.45, 7) is 8.79. The number of rotatable bonds is 4. The van der Waals surface area contributed by atoms with Gasteiger partial charge in [-0.2, -0.15) is 0 Å². The summed E-state index contributed by atoms with van der Waals surface area (Å²) in [6.07, 6.45) is 2.04. The van der Waals surface area contributed by atoms with Crippen molar-refractivity contribution < 1.29 is 4.79 Å². The van der Waals surface area contributed by atoms with Crippen LogP contribution in [0.4, 0.5) is 0 Å². The van der Waals surface area contributed by atoms with Crippen molar-refractivity contribution in [2.45, 2.75) is 47.1 Å². The number of hydrogen-bond donors (Lipinski definition) is 2. The van der Waals surface area contributed by atoms with Gasteiger partial charge in [0.2, 0.25) is 0 Å². The molecule has 0 saturated heterocycles. The summed E-state index contributed by atoms with van der Waals surface area (Å²) < 4.78 is 0. The van der Waals surface area contributed by atoms with Gasteiger partial charge in [-0.25, -0.2) is 0 Å². The third-order valence-corrected chi connectivity index (χ3v) is 4.99. The van der Waals surface area contributed by atoms with E-state index in [4.69, 9.17) is 5.73 Å². The van der Waals surface area contributed by atoms with Crippen LogP contribution in [0.15, 0.2) is 12.1 Å². The molecule has 2 aromatic rings. The highest BCUT2D eigenvalue weighted by molar-refractivity contribution is 6.07. The van der Waals surface area contributed by atoms with Crippen LogP contribution in [0.25, 0.3) is 11.1 Å². The van der Waals surface area contributed by atoms with E-state index in [1.165, 1.54) is 16.7 Å². The molecular weight excluding hydrogens is 272 g/mol. The minimum atomic E-state index is 0.214. The fraction of sp³-hybridized carbons (Fsp3) is 0.421. The molecule has 1 fully saturated rings. The van der Waals surface area contributed by atoms with Crippen molar-refractivity contribution in [3.8, 4) is 11.1 Å². The molecule has 1 heterocycles. The Bertz CT molecular complexity index is 751. The Kier molecular flexibility index (Phi) is 3.69. The van der Waals surface area contributed by atoms with Crippen LogP contribution in [0, 0.1) is 33.6 Å². The van der Waals surface area contributed by atoms with Crippen molar-refractivity contribution >= 4 is 5.78 Å². The maximum Gasteiger partial charge on any atom is 0.168 e. The summed E-state index contributed by atoms with van der Waals surface area (Å²) in [4.78, 5) is 16.1. The van der Waals surface area contributed by atoms with E-state index in [-0.39, 0.29) is 11.7 Å². The maximum absolute atomic E-state index is 12.8. The molecule has 0 radical (unpaired) electrons. The Morgan fingerprint density at radius 1 is 1.18 bits per heavy atom. The molecule has 1 aliphatic rings. The number of aromatic amines is 1. The Balaban J connectivity index is 2.25. The van der Waals surface area contributed by atoms with Gasteiger partial charge in [-0.1, -0.05) is 12.1 Å². The Morgan fingerprint density at radius 2 is 1.86 bits per heavy atom. The summed E-state index contributed by atoms with van der Waals surface area (Å²) in [5.74, 6) is 0.492. The van der Waals surface area contributed by atoms with Crippen LogP contribution < -0.4 is 5.73 Å². The molecule has 0 amide bonds. The van der Waals surface area contributed by atoms with E-state index in [0.717, 1.165) is 40.9 Å². The molecule has 3 nitrogen and oxygen atoms in total. The number of nitrogens with two attached hydrogens (primary N) is 1. The number of aromatic nitrogens is 1. The smallest absolute Gasteiger partial charge is 0.168 e. The molecule has 1 aromatic carbocycles. The van der Waals surface area contributed by atoms with E-state index in [9.17, 15) is 4.79 Å². The Morgan fingerprint density at radius 3 is 2.45 bits per heavy atom. The normalized spacial score (nSPS) is 14.4. The molecule has 0 bridgehead atoms. The van der Waals surface area contributed by atoms with Gasteiger partial charge in [-0.15, -0.1) is 0 Å². The molecule has 0 unspecified atom stereocenters. The minimum absolute atomic E-state index is 0.214. The largest absolute Gasteiger partial charge is 0.360 e. The average Bonchev–Trinajstić information content (AvgIpc) is 3.28. The SMILES string of the molecule is Cc1ccc(-c2c(CN)[nH]c(C)c2C(=O)C2CC2)c(C)c1C. The van der Waals surface area contributed by atoms with Crippen LogP contribution in [0.2, 0.25) is 0 Å². The molecule has 22 heavy (non-hydrogen) atoms.